The van der Waals surface area contributed by atoms with Gasteiger partial charge in [0, 0.05) is 96.1 Å². The van der Waals surface area contributed by atoms with Crippen LogP contribution in [0.15, 0.2) is 36.7 Å². The summed E-state index contributed by atoms with van der Waals surface area (Å²) in [5.41, 5.74) is 3.87. The number of nitrogen functional groups attached to an aromatic ring is 1. The van der Waals surface area contributed by atoms with Gasteiger partial charge in [-0.15, -0.1) is 0 Å². The molecule has 4 fully saturated rings. The van der Waals surface area contributed by atoms with Crippen LogP contribution in [-0.4, -0.2) is 206 Å². The molecule has 81 heavy (non-hydrogen) atoms. The molecule has 0 aliphatic carbocycles. The molecule has 456 valence electrons. The third-order valence-corrected chi connectivity index (χ3v) is 17.6. The number of cyclic esters (lactones) is 1. The molecule has 2 aromatic rings. The number of hydrogen-bond acceptors (Lipinski definition) is 20. The number of carbonyl (C=O) groups excluding carboxylic acids is 4. The number of halogens is 1. The number of methoxy groups -OCH3 is 4. The molecule has 0 saturated carbocycles. The van der Waals surface area contributed by atoms with E-state index in [1.807, 2.05) is 37.8 Å². The predicted octanol–water partition coefficient (Wildman–Crippen LogP) is 5.20. The van der Waals surface area contributed by atoms with Crippen LogP contribution in [0.3, 0.4) is 0 Å². The third-order valence-electron chi connectivity index (χ3n) is 17.6. The molecule has 5 heterocycles. The van der Waals surface area contributed by atoms with Crippen molar-refractivity contribution in [1.29, 1.82) is 0 Å². The average Bonchev–Trinajstić information content (AvgIpc) is 3.79. The summed E-state index contributed by atoms with van der Waals surface area (Å²) in [6.07, 6.45) is -6.89. The number of nitrogens with one attached hydrogen (secondary N) is 1. The maximum absolute atomic E-state index is 15.0. The van der Waals surface area contributed by atoms with Crippen molar-refractivity contribution < 1.29 is 81.2 Å². The fourth-order valence-corrected chi connectivity index (χ4v) is 12.8. The Kier molecular flexibility index (Phi) is 22.6. The molecule has 0 radical (unpaired) electrons. The van der Waals surface area contributed by atoms with E-state index in [1.54, 1.807) is 80.0 Å². The highest BCUT2D eigenvalue weighted by Crippen LogP contribution is 2.45. The van der Waals surface area contributed by atoms with Crippen molar-refractivity contribution in [2.24, 2.45) is 23.7 Å². The van der Waals surface area contributed by atoms with Gasteiger partial charge in [-0.2, -0.15) is 0 Å². The van der Waals surface area contributed by atoms with Crippen LogP contribution in [0, 0.1) is 23.7 Å². The Hall–Kier alpha value is -4.53. The molecule has 4 aliphatic heterocycles. The Balaban J connectivity index is 1.29. The van der Waals surface area contributed by atoms with Gasteiger partial charge in [0.1, 0.15) is 36.9 Å². The van der Waals surface area contributed by atoms with E-state index in [0.717, 1.165) is 11.1 Å². The van der Waals surface area contributed by atoms with Crippen LogP contribution >= 0.6 is 0 Å². The first-order valence-electron chi connectivity index (χ1n) is 28.3. The van der Waals surface area contributed by atoms with Gasteiger partial charge in [0.25, 0.3) is 0 Å². The lowest BCUT2D eigenvalue weighted by atomic mass is 9.73. The summed E-state index contributed by atoms with van der Waals surface area (Å²) >= 11 is 0. The number of Topliss-reactive ketones (excluding diaryl/α,β-unsaturated/α-hetero) is 1. The number of esters is 1. The quantitative estimate of drug-likeness (QED) is 0.124. The number of aliphatic hydroxyl groups excluding tert-OH is 2. The van der Waals surface area contributed by atoms with Crippen LogP contribution in [0.1, 0.15) is 113 Å². The van der Waals surface area contributed by atoms with E-state index in [4.69, 9.17) is 53.1 Å². The summed E-state index contributed by atoms with van der Waals surface area (Å²) in [7, 11) is 7.71. The Bertz CT molecular complexity index is 2400. The molecule has 0 bridgehead atoms. The summed E-state index contributed by atoms with van der Waals surface area (Å²) in [6, 6.07) is 4.70. The number of alkyl halides is 1. The van der Waals surface area contributed by atoms with Crippen LogP contribution in [0.5, 0.6) is 0 Å². The van der Waals surface area contributed by atoms with E-state index < -0.39 is 145 Å². The second-order valence-electron chi connectivity index (χ2n) is 23.3. The first kappa shape index (κ1) is 65.6. The highest BCUT2D eigenvalue weighted by molar-refractivity contribution is 5.85. The predicted molar refractivity (Wildman–Crippen MR) is 295 cm³/mol. The molecule has 4 saturated heterocycles. The lowest BCUT2D eigenvalue weighted by molar-refractivity contribution is -0.319. The van der Waals surface area contributed by atoms with E-state index in [-0.39, 0.29) is 57.1 Å². The first-order chi connectivity index (χ1) is 38.2. The van der Waals surface area contributed by atoms with Crippen molar-refractivity contribution in [3.05, 3.63) is 42.2 Å². The minimum absolute atomic E-state index is 0.0522. The molecule has 20 atom stereocenters. The van der Waals surface area contributed by atoms with Crippen molar-refractivity contribution in [2.75, 3.05) is 67.6 Å². The Morgan fingerprint density at radius 2 is 1.58 bits per heavy atom. The van der Waals surface area contributed by atoms with Gasteiger partial charge in [-0.05, 0) is 79.0 Å². The number of rotatable bonds is 20. The van der Waals surface area contributed by atoms with E-state index in [1.165, 1.54) is 33.3 Å². The zero-order chi connectivity index (χ0) is 59.9. The molecule has 1 aromatic carbocycles. The van der Waals surface area contributed by atoms with Gasteiger partial charge < -0.3 is 73.5 Å². The molecule has 2 amide bonds. The molecule has 5 N–H and O–H groups in total. The van der Waals surface area contributed by atoms with Gasteiger partial charge >= 0.3 is 12.1 Å². The lowest BCUT2D eigenvalue weighted by Crippen LogP contribution is -2.62. The first-order valence-corrected chi connectivity index (χ1v) is 28.3. The molecular formula is C58H91FN6O16. The number of benzene rings is 1. The fourth-order valence-electron chi connectivity index (χ4n) is 12.8. The number of amides is 2. The van der Waals surface area contributed by atoms with Crippen molar-refractivity contribution in [3.8, 4) is 11.1 Å². The second-order valence-corrected chi connectivity index (χ2v) is 23.3. The molecular weight excluding hydrogens is 1060 g/mol. The molecule has 5 unspecified atom stereocenters. The van der Waals surface area contributed by atoms with Crippen LogP contribution in [0.25, 0.3) is 11.1 Å². The second kappa shape index (κ2) is 27.9. The minimum atomic E-state index is -1.47. The van der Waals surface area contributed by atoms with Crippen molar-refractivity contribution in [1.82, 2.24) is 25.1 Å². The van der Waals surface area contributed by atoms with E-state index in [9.17, 15) is 29.0 Å². The van der Waals surface area contributed by atoms with Crippen LogP contribution < -0.4 is 11.1 Å². The number of carbonyl (C=O) groups is 4. The largest absolute Gasteiger partial charge is 0.458 e. The highest BCUT2D eigenvalue weighted by Gasteiger charge is 2.61. The number of anilines is 1. The number of ether oxygens (including phenoxy) is 10. The SMILES string of the molecule is CC[C@H]1OC(=O)[C@H](C)[C@@H](O[C@H]2CC(C)(OC)[C@@H](O)[C@H](C)O2)[C@H](C)[C@@H](O[C@@H]2O[C@H](C)C[C@H](N(C)CCC(=O)NC(CF)[C@H](OC)c3ccc(-c4cnc(N)nc4)cc3)[C@H]2O)C(C)(OC)C[C@@H](C)C(=O)[C@H](C)C2N(CCOC)C(=O)OC21C. The van der Waals surface area contributed by atoms with E-state index in [0.29, 0.717) is 12.0 Å². The van der Waals surface area contributed by atoms with Crippen molar-refractivity contribution in [2.45, 2.75) is 198 Å². The number of aliphatic hydroxyl groups is 2. The van der Waals surface area contributed by atoms with Gasteiger partial charge in [0.15, 0.2) is 18.2 Å². The maximum Gasteiger partial charge on any atom is 0.411 e. The summed E-state index contributed by atoms with van der Waals surface area (Å²) in [5, 5.41) is 26.4. The lowest BCUT2D eigenvalue weighted by Gasteiger charge is -2.50. The number of hydrogen-bond donors (Lipinski definition) is 4. The Morgan fingerprint density at radius 1 is 0.926 bits per heavy atom. The molecule has 0 spiro atoms. The summed E-state index contributed by atoms with van der Waals surface area (Å²) < 4.78 is 77.6. The molecule has 1 aromatic heterocycles. The summed E-state index contributed by atoms with van der Waals surface area (Å²) in [6.45, 7) is 17.1. The number of likely N-dealkylation sites (N-methyl/N-ethyl adjacent to an activating group) is 1. The zero-order valence-corrected chi connectivity index (χ0v) is 50.0. The van der Waals surface area contributed by atoms with E-state index in [2.05, 4.69) is 15.3 Å². The van der Waals surface area contributed by atoms with Crippen LogP contribution in [0.4, 0.5) is 15.1 Å². The number of ketones is 1. The Labute approximate surface area is 476 Å². The highest BCUT2D eigenvalue weighted by atomic mass is 19.1. The van der Waals surface area contributed by atoms with Gasteiger partial charge in [-0.25, -0.2) is 19.2 Å². The summed E-state index contributed by atoms with van der Waals surface area (Å²) in [4.78, 5) is 68.9. The topological polar surface area (TPSA) is 271 Å². The average molecular weight is 1150 g/mol. The van der Waals surface area contributed by atoms with Gasteiger partial charge in [-0.1, -0.05) is 52.0 Å². The van der Waals surface area contributed by atoms with Gasteiger partial charge in [-0.3, -0.25) is 19.3 Å². The molecule has 6 rings (SSSR count). The summed E-state index contributed by atoms with van der Waals surface area (Å²) in [5.74, 6) is -4.72. The van der Waals surface area contributed by atoms with Gasteiger partial charge in [0.05, 0.1) is 60.2 Å². The smallest absolute Gasteiger partial charge is 0.411 e. The number of nitrogens with zero attached hydrogens (tertiary/aromatic N) is 4. The number of nitrogens with two attached hydrogens (primary N) is 1. The van der Waals surface area contributed by atoms with Crippen molar-refractivity contribution >= 4 is 29.7 Å². The van der Waals surface area contributed by atoms with Crippen molar-refractivity contribution in [3.63, 3.8) is 0 Å². The normalized spacial score (nSPS) is 37.0. The van der Waals surface area contributed by atoms with Crippen LogP contribution in [-0.2, 0) is 61.8 Å². The molecule has 23 heteroatoms. The zero-order valence-electron chi connectivity index (χ0n) is 50.0. The number of aromatic nitrogens is 2. The maximum atomic E-state index is 15.0. The third kappa shape index (κ3) is 14.5. The minimum Gasteiger partial charge on any atom is -0.458 e. The van der Waals surface area contributed by atoms with Gasteiger partial charge in [0.2, 0.25) is 11.9 Å². The molecule has 22 nitrogen and oxygen atoms in total. The van der Waals surface area contributed by atoms with Crippen LogP contribution in [0.2, 0.25) is 0 Å². The number of fused-ring (bicyclic) bond motifs is 1. The standard InChI is InChI=1S/C58H91FN6O16/c1-16-42-58(10)49(65(23-24-72-12)55(71)81-58)33(4)45(67)31(2)26-57(9,75-15)51(34(5)47(35(6)52(70)78-42)79-44-27-56(8,74-14)50(69)36(7)77-44)80-53-46(68)41(25-32(3)76-53)64(11)22-21-43(66)63-40(28-59)48(73-13)38-19-17-37(18-20-38)39-29-61-54(60)62-30-39/h17-20,29-36,40-42,44,46-51,53,68-69H,16,21-28H2,1-15H3,(H,63,66)(H2,60,61,62)/t31-,32-,33+,34+,35-,36+,40?,41+,42-,44+,46-,47+,48-,49?,50+,51-,53+,56?,57?,58?/m1/s1. The van der Waals surface area contributed by atoms with E-state index >= 15 is 4.79 Å². The fraction of sp³-hybridized carbons (Fsp3) is 0.759. The molecule has 4 aliphatic rings. The Morgan fingerprint density at radius 3 is 2.17 bits per heavy atom. The monoisotopic (exact) mass is 1150 g/mol.